The topological polar surface area (TPSA) is 71.0 Å². The standard InChI is InChI=1S/C24H33FN4O3S/c1-23(2,30)7-10-31-21-4-3-18(25)11-20(21)17-5-8-28(9-6-17)19-12-24(32-13-19)14-29(15-24)22-27-26-16-33-22/h3-4,11,16-17,19,30H,5-10,12-15H2,1-2H3. The van der Waals surface area contributed by atoms with Gasteiger partial charge in [0.1, 0.15) is 22.7 Å². The van der Waals surface area contributed by atoms with Crippen LogP contribution < -0.4 is 9.64 Å². The Morgan fingerprint density at radius 2 is 2.09 bits per heavy atom. The number of hydrogen-bond donors (Lipinski definition) is 1. The molecule has 1 unspecified atom stereocenters. The van der Waals surface area contributed by atoms with E-state index >= 15 is 0 Å². The molecule has 0 aliphatic carbocycles. The van der Waals surface area contributed by atoms with E-state index in [-0.39, 0.29) is 17.3 Å². The number of hydrogen-bond acceptors (Lipinski definition) is 8. The van der Waals surface area contributed by atoms with Crippen molar-refractivity contribution in [3.63, 3.8) is 0 Å². The van der Waals surface area contributed by atoms with E-state index in [4.69, 9.17) is 9.47 Å². The van der Waals surface area contributed by atoms with Gasteiger partial charge in [-0.05, 0) is 70.3 Å². The Bertz CT molecular complexity index is 938. The van der Waals surface area contributed by atoms with Gasteiger partial charge in [0.05, 0.1) is 31.9 Å². The minimum absolute atomic E-state index is 0.0444. The zero-order valence-corrected chi connectivity index (χ0v) is 20.2. The van der Waals surface area contributed by atoms with E-state index < -0.39 is 5.60 Å². The van der Waals surface area contributed by atoms with E-state index in [0.29, 0.717) is 19.1 Å². The van der Waals surface area contributed by atoms with Crippen LogP contribution in [0.1, 0.15) is 51.0 Å². The third-order valence-corrected chi connectivity index (χ3v) is 7.95. The van der Waals surface area contributed by atoms with Crippen LogP contribution in [0.15, 0.2) is 23.7 Å². The van der Waals surface area contributed by atoms with Crippen LogP contribution in [0.5, 0.6) is 5.75 Å². The quantitative estimate of drug-likeness (QED) is 0.656. The SMILES string of the molecule is CC(C)(O)CCOc1ccc(F)cc1C1CCN(C2COC3(C2)CN(c2nncs2)C3)CC1. The van der Waals surface area contributed by atoms with Crippen molar-refractivity contribution in [2.45, 2.75) is 62.7 Å². The second-order valence-electron chi connectivity index (χ2n) is 10.3. The second-order valence-corrected chi connectivity index (χ2v) is 11.1. The number of aromatic nitrogens is 2. The summed E-state index contributed by atoms with van der Waals surface area (Å²) in [6, 6.07) is 5.26. The van der Waals surface area contributed by atoms with Gasteiger partial charge in [-0.1, -0.05) is 11.3 Å². The summed E-state index contributed by atoms with van der Waals surface area (Å²) in [6.45, 7) is 8.48. The molecule has 1 aromatic carbocycles. The number of anilines is 1. The average Bonchev–Trinajstić information content (AvgIpc) is 3.43. The highest BCUT2D eigenvalue weighted by Gasteiger charge is 2.51. The van der Waals surface area contributed by atoms with Gasteiger partial charge in [0.15, 0.2) is 0 Å². The van der Waals surface area contributed by atoms with E-state index in [1.54, 1.807) is 42.8 Å². The average molecular weight is 477 g/mol. The van der Waals surface area contributed by atoms with Gasteiger partial charge in [0, 0.05) is 18.0 Å². The van der Waals surface area contributed by atoms with Crippen molar-refractivity contribution >= 4 is 16.5 Å². The number of halogens is 1. The third kappa shape index (κ3) is 5.16. The Morgan fingerprint density at radius 1 is 1.30 bits per heavy atom. The highest BCUT2D eigenvalue weighted by Crippen LogP contribution is 2.41. The molecule has 3 aliphatic rings. The van der Waals surface area contributed by atoms with Crippen LogP contribution >= 0.6 is 11.3 Å². The smallest absolute Gasteiger partial charge is 0.208 e. The van der Waals surface area contributed by atoms with Gasteiger partial charge in [-0.2, -0.15) is 0 Å². The molecule has 5 rings (SSSR count). The predicted molar refractivity (Wildman–Crippen MR) is 126 cm³/mol. The summed E-state index contributed by atoms with van der Waals surface area (Å²) in [5.74, 6) is 0.800. The first-order valence-corrected chi connectivity index (χ1v) is 12.7. The monoisotopic (exact) mass is 476 g/mol. The summed E-state index contributed by atoms with van der Waals surface area (Å²) >= 11 is 1.57. The normalized spacial score (nSPS) is 23.8. The molecule has 1 aromatic heterocycles. The number of rotatable bonds is 7. The Kier molecular flexibility index (Phi) is 6.32. The summed E-state index contributed by atoms with van der Waals surface area (Å²) in [5, 5.41) is 19.0. The molecule has 2 aromatic rings. The van der Waals surface area contributed by atoms with Crippen molar-refractivity contribution in [2.24, 2.45) is 0 Å². The molecule has 3 saturated heterocycles. The van der Waals surface area contributed by atoms with Crippen molar-refractivity contribution in [1.29, 1.82) is 0 Å². The molecule has 180 valence electrons. The van der Waals surface area contributed by atoms with Crippen molar-refractivity contribution in [2.75, 3.05) is 44.3 Å². The largest absolute Gasteiger partial charge is 0.493 e. The predicted octanol–water partition coefficient (Wildman–Crippen LogP) is 3.44. The van der Waals surface area contributed by atoms with Crippen molar-refractivity contribution in [3.05, 3.63) is 35.1 Å². The van der Waals surface area contributed by atoms with Crippen molar-refractivity contribution < 1.29 is 19.0 Å². The molecule has 1 atom stereocenters. The molecule has 0 bridgehead atoms. The molecule has 1 N–H and O–H groups in total. The third-order valence-electron chi connectivity index (χ3n) is 7.20. The Morgan fingerprint density at radius 3 is 2.79 bits per heavy atom. The molecule has 0 radical (unpaired) electrons. The van der Waals surface area contributed by atoms with Crippen LogP contribution in [-0.4, -0.2) is 76.8 Å². The second kappa shape index (κ2) is 9.09. The van der Waals surface area contributed by atoms with Crippen LogP contribution in [0.25, 0.3) is 0 Å². The number of piperidine rings is 1. The highest BCUT2D eigenvalue weighted by atomic mass is 32.1. The molecule has 3 aliphatic heterocycles. The number of likely N-dealkylation sites (tertiary alicyclic amines) is 1. The molecule has 33 heavy (non-hydrogen) atoms. The summed E-state index contributed by atoms with van der Waals surface area (Å²) in [7, 11) is 0. The summed E-state index contributed by atoms with van der Waals surface area (Å²) < 4.78 is 26.3. The highest BCUT2D eigenvalue weighted by molar-refractivity contribution is 7.13. The van der Waals surface area contributed by atoms with Gasteiger partial charge < -0.3 is 19.5 Å². The maximum absolute atomic E-state index is 14.1. The summed E-state index contributed by atoms with van der Waals surface area (Å²) in [5.41, 5.74) is 1.90. The van der Waals surface area contributed by atoms with E-state index in [0.717, 1.165) is 68.5 Å². The lowest BCUT2D eigenvalue weighted by Crippen LogP contribution is -2.62. The first-order valence-electron chi connectivity index (χ1n) is 11.8. The van der Waals surface area contributed by atoms with E-state index in [9.17, 15) is 9.50 Å². The van der Waals surface area contributed by atoms with E-state index in [2.05, 4.69) is 20.0 Å². The molecular formula is C24H33FN4O3S. The fourth-order valence-electron chi connectivity index (χ4n) is 5.32. The van der Waals surface area contributed by atoms with Crippen LogP contribution in [-0.2, 0) is 4.74 Å². The number of benzene rings is 1. The van der Waals surface area contributed by atoms with Crippen molar-refractivity contribution in [1.82, 2.24) is 15.1 Å². The van der Waals surface area contributed by atoms with E-state index in [1.807, 2.05) is 0 Å². The summed E-state index contributed by atoms with van der Waals surface area (Å²) in [6.07, 6.45) is 3.54. The molecule has 7 nitrogen and oxygen atoms in total. The fourth-order valence-corrected chi connectivity index (χ4v) is 5.88. The van der Waals surface area contributed by atoms with Crippen LogP contribution in [0.4, 0.5) is 9.52 Å². The van der Waals surface area contributed by atoms with Gasteiger partial charge in [-0.25, -0.2) is 4.39 Å². The molecule has 0 amide bonds. The van der Waals surface area contributed by atoms with Crippen LogP contribution in [0.2, 0.25) is 0 Å². The first-order chi connectivity index (χ1) is 15.8. The van der Waals surface area contributed by atoms with E-state index in [1.165, 1.54) is 6.07 Å². The molecule has 9 heteroatoms. The lowest BCUT2D eigenvalue weighted by molar-refractivity contribution is -0.0195. The maximum atomic E-state index is 14.1. The zero-order valence-electron chi connectivity index (χ0n) is 19.4. The molecule has 3 fully saturated rings. The first kappa shape index (κ1) is 23.0. The lowest BCUT2D eigenvalue weighted by Gasteiger charge is -2.47. The lowest BCUT2D eigenvalue weighted by atomic mass is 9.86. The van der Waals surface area contributed by atoms with Gasteiger partial charge in [0.25, 0.3) is 0 Å². The van der Waals surface area contributed by atoms with Crippen LogP contribution in [0.3, 0.4) is 0 Å². The fraction of sp³-hybridized carbons (Fsp3) is 0.667. The molecule has 4 heterocycles. The van der Waals surface area contributed by atoms with Gasteiger partial charge in [0.2, 0.25) is 5.13 Å². The minimum Gasteiger partial charge on any atom is -0.493 e. The Labute approximate surface area is 198 Å². The van der Waals surface area contributed by atoms with Gasteiger partial charge in [-0.3, -0.25) is 4.90 Å². The zero-order chi connectivity index (χ0) is 23.1. The maximum Gasteiger partial charge on any atom is 0.208 e. The van der Waals surface area contributed by atoms with Gasteiger partial charge >= 0.3 is 0 Å². The number of ether oxygens (including phenoxy) is 2. The Hall–Kier alpha value is -1.81. The molecule has 0 saturated carbocycles. The minimum atomic E-state index is -0.777. The number of nitrogens with zero attached hydrogens (tertiary/aromatic N) is 4. The molecular weight excluding hydrogens is 443 g/mol. The summed E-state index contributed by atoms with van der Waals surface area (Å²) in [4.78, 5) is 4.79. The van der Waals surface area contributed by atoms with Crippen molar-refractivity contribution in [3.8, 4) is 5.75 Å². The number of aliphatic hydroxyl groups is 1. The van der Waals surface area contributed by atoms with Crippen LogP contribution in [0, 0.1) is 5.82 Å². The Balaban J connectivity index is 1.15. The molecule has 1 spiro atoms. The van der Waals surface area contributed by atoms with Gasteiger partial charge in [-0.15, -0.1) is 10.2 Å².